The van der Waals surface area contributed by atoms with Crippen LogP contribution in [0.1, 0.15) is 22.3 Å². The van der Waals surface area contributed by atoms with Crippen LogP contribution in [0.15, 0.2) is 41.3 Å². The molecule has 0 aromatic heterocycles. The Morgan fingerprint density at radius 2 is 1.58 bits per heavy atom. The summed E-state index contributed by atoms with van der Waals surface area (Å²) in [5, 5.41) is 0. The molecular weight excluding hydrogens is 393 g/mol. The largest absolute Gasteiger partial charge is 1.00 e. The monoisotopic (exact) mass is 410 g/mol. The van der Waals surface area contributed by atoms with Crippen LogP contribution >= 0.6 is 21.7 Å². The quantitative estimate of drug-likeness (QED) is 0.651. The summed E-state index contributed by atoms with van der Waals surface area (Å²) in [5.74, 6) is 0. The van der Waals surface area contributed by atoms with Crippen LogP contribution in [0.3, 0.4) is 0 Å². The Hall–Kier alpha value is 1.13. The van der Waals surface area contributed by atoms with Crippen LogP contribution in [0.4, 0.5) is 0 Å². The van der Waals surface area contributed by atoms with E-state index in [1.807, 2.05) is 13.0 Å². The average Bonchev–Trinajstić information content (AvgIpc) is 2.37. The van der Waals surface area contributed by atoms with Gasteiger partial charge in [0.15, 0.2) is 0 Å². The normalized spacial score (nSPS) is 9.11. The van der Waals surface area contributed by atoms with E-state index in [-0.39, 0.29) is 68.9 Å². The van der Waals surface area contributed by atoms with Gasteiger partial charge in [0, 0.05) is 4.90 Å². The molecule has 0 saturated heterocycles. The van der Waals surface area contributed by atoms with Crippen LogP contribution in [0.2, 0.25) is 0 Å². The Morgan fingerprint density at radius 3 is 2.00 bits per heavy atom. The van der Waals surface area contributed by atoms with Gasteiger partial charge >= 0.3 is 68.9 Å². The van der Waals surface area contributed by atoms with Crippen molar-refractivity contribution in [1.29, 1.82) is 0 Å². The van der Waals surface area contributed by atoms with Crippen LogP contribution < -0.4 is 68.9 Å². The summed E-state index contributed by atoms with van der Waals surface area (Å²) >= 11 is 0. The van der Waals surface area contributed by atoms with E-state index in [1.54, 1.807) is 0 Å². The minimum absolute atomic E-state index is 0. The first-order valence-electron chi connectivity index (χ1n) is 5.83. The van der Waals surface area contributed by atoms with Gasteiger partial charge in [-0.25, -0.2) is 0 Å². The molecule has 0 amide bonds. The molecule has 0 unspecified atom stereocenters. The van der Waals surface area contributed by atoms with Gasteiger partial charge in [-0.2, -0.15) is 35.4 Å². The van der Waals surface area contributed by atoms with Gasteiger partial charge in [0.1, 0.15) is 0 Å². The molecule has 2 aromatic carbocycles. The van der Waals surface area contributed by atoms with E-state index in [0.29, 0.717) is 0 Å². The number of hydrogen-bond donors (Lipinski definition) is 0. The van der Waals surface area contributed by atoms with Crippen molar-refractivity contribution in [1.82, 2.24) is 0 Å². The molecule has 0 bridgehead atoms. The van der Waals surface area contributed by atoms with E-state index < -0.39 is 0 Å². The summed E-state index contributed by atoms with van der Waals surface area (Å²) in [4.78, 5) is 1.15. The van der Waals surface area contributed by atoms with Crippen molar-refractivity contribution in [3.8, 4) is 0 Å². The van der Waals surface area contributed by atoms with Gasteiger partial charge in [0.25, 0.3) is 0 Å². The fourth-order valence-electron chi connectivity index (χ4n) is 1.37. The van der Waals surface area contributed by atoms with Gasteiger partial charge in [-0.05, 0) is 52.7 Å². The first kappa shape index (κ1) is 20.1. The predicted octanol–water partition coefficient (Wildman–Crippen LogP) is 2.66. The fraction of sp³-hybridized carbons (Fsp3) is 0.250. The SMILES string of the molecule is Cc1[c-]cc(C)cc1.Cc1ccc(C)c(SCl)c1.[Cs+]. The van der Waals surface area contributed by atoms with Crippen molar-refractivity contribution < 1.29 is 68.9 Å². The van der Waals surface area contributed by atoms with Crippen molar-refractivity contribution in [3.63, 3.8) is 0 Å². The first-order valence-corrected chi connectivity index (χ1v) is 7.48. The van der Waals surface area contributed by atoms with E-state index >= 15 is 0 Å². The van der Waals surface area contributed by atoms with Crippen LogP contribution in [-0.4, -0.2) is 0 Å². The molecule has 2 rings (SSSR count). The fourth-order valence-corrected chi connectivity index (χ4v) is 2.29. The summed E-state index contributed by atoms with van der Waals surface area (Å²) in [6.45, 7) is 8.23. The maximum absolute atomic E-state index is 5.62. The summed E-state index contributed by atoms with van der Waals surface area (Å²) in [6, 6.07) is 15.5. The zero-order valence-electron chi connectivity index (χ0n) is 12.3. The molecule has 0 N–H and O–H groups in total. The molecule has 0 nitrogen and oxygen atoms in total. The molecule has 0 radical (unpaired) electrons. The first-order chi connectivity index (χ1) is 8.52. The molecule has 0 aliphatic heterocycles. The minimum atomic E-state index is 0. The summed E-state index contributed by atoms with van der Waals surface area (Å²) in [6.07, 6.45) is 0. The Morgan fingerprint density at radius 1 is 0.947 bits per heavy atom. The maximum Gasteiger partial charge on any atom is 1.00 e. The molecule has 0 saturated carbocycles. The minimum Gasteiger partial charge on any atom is -0.180 e. The molecule has 0 atom stereocenters. The Kier molecular flexibility index (Phi) is 11.4. The number of aryl methyl sites for hydroxylation is 4. The molecular formula is C16H18ClCsS. The summed E-state index contributed by atoms with van der Waals surface area (Å²) < 4.78 is 0. The topological polar surface area (TPSA) is 0 Å². The molecule has 0 fully saturated rings. The second kappa shape index (κ2) is 10.8. The average molecular weight is 411 g/mol. The van der Waals surface area contributed by atoms with Gasteiger partial charge in [-0.15, -0.1) is 0 Å². The molecule has 0 aliphatic carbocycles. The molecule has 19 heavy (non-hydrogen) atoms. The van der Waals surface area contributed by atoms with Crippen molar-refractivity contribution >= 4 is 21.7 Å². The molecule has 0 heterocycles. The maximum atomic E-state index is 5.62. The van der Waals surface area contributed by atoms with Crippen LogP contribution in [0.5, 0.6) is 0 Å². The van der Waals surface area contributed by atoms with Gasteiger partial charge < -0.3 is 0 Å². The van der Waals surface area contributed by atoms with Crippen LogP contribution in [0, 0.1) is 33.8 Å². The zero-order chi connectivity index (χ0) is 13.5. The van der Waals surface area contributed by atoms with Gasteiger partial charge in [0.05, 0.1) is 0 Å². The van der Waals surface area contributed by atoms with Gasteiger partial charge in [0.2, 0.25) is 0 Å². The second-order valence-corrected chi connectivity index (χ2v) is 5.45. The van der Waals surface area contributed by atoms with Crippen molar-refractivity contribution in [2.24, 2.45) is 0 Å². The Bertz CT molecular complexity index is 474. The van der Waals surface area contributed by atoms with Crippen LogP contribution in [-0.2, 0) is 0 Å². The number of hydrogen-bond acceptors (Lipinski definition) is 1. The molecule has 2 aromatic rings. The third-order valence-electron chi connectivity index (χ3n) is 2.55. The van der Waals surface area contributed by atoms with Gasteiger partial charge in [-0.3, -0.25) is 0 Å². The standard InChI is InChI=1S/C8H9ClS.C8H9.Cs/c1-6-3-4-7(2)8(5-6)10-9;1-7-3-5-8(2)6-4-7;/h3-5H,1-2H3;3-5H,1-2H3;/q;-1;+1. The Balaban J connectivity index is 0.000000331. The van der Waals surface area contributed by atoms with E-state index in [9.17, 15) is 0 Å². The Labute approximate surface area is 184 Å². The van der Waals surface area contributed by atoms with Gasteiger partial charge in [-0.1, -0.05) is 26.0 Å². The van der Waals surface area contributed by atoms with E-state index in [0.717, 1.165) is 4.90 Å². The summed E-state index contributed by atoms with van der Waals surface area (Å²) in [5.41, 5.74) is 4.98. The predicted molar refractivity (Wildman–Crippen MR) is 82.4 cm³/mol. The molecule has 96 valence electrons. The third kappa shape index (κ3) is 8.22. The molecule has 0 aliphatic rings. The number of halogens is 1. The summed E-state index contributed by atoms with van der Waals surface area (Å²) in [7, 11) is 6.90. The van der Waals surface area contributed by atoms with Crippen molar-refractivity contribution in [2.75, 3.05) is 0 Å². The molecule has 0 spiro atoms. The van der Waals surface area contributed by atoms with Crippen molar-refractivity contribution in [3.05, 3.63) is 64.7 Å². The molecule has 3 heteroatoms. The van der Waals surface area contributed by atoms with E-state index in [2.05, 4.69) is 57.2 Å². The zero-order valence-corrected chi connectivity index (χ0v) is 20.1. The van der Waals surface area contributed by atoms with E-state index in [4.69, 9.17) is 10.7 Å². The van der Waals surface area contributed by atoms with Crippen LogP contribution in [0.25, 0.3) is 0 Å². The van der Waals surface area contributed by atoms with Crippen molar-refractivity contribution in [2.45, 2.75) is 32.6 Å². The smallest absolute Gasteiger partial charge is 0.180 e. The number of rotatable bonds is 1. The van der Waals surface area contributed by atoms with E-state index in [1.165, 1.54) is 33.2 Å². The number of benzene rings is 2. The second-order valence-electron chi connectivity index (χ2n) is 4.40. The third-order valence-corrected chi connectivity index (χ3v) is 3.66.